The molecule has 0 spiro atoms. The van der Waals surface area contributed by atoms with Crippen molar-refractivity contribution in [3.63, 3.8) is 0 Å². The quantitative estimate of drug-likeness (QED) is 0.289. The lowest BCUT2D eigenvalue weighted by atomic mass is 10.1. The van der Waals surface area contributed by atoms with Crippen molar-refractivity contribution in [1.29, 1.82) is 0 Å². The molecule has 0 saturated heterocycles. The Morgan fingerprint density at radius 3 is 2.69 bits per heavy atom. The Bertz CT molecular complexity index is 730. The van der Waals surface area contributed by atoms with Crippen LogP contribution in [0.4, 0.5) is 0 Å². The third-order valence-corrected chi connectivity index (χ3v) is 4.15. The van der Waals surface area contributed by atoms with E-state index in [1.807, 2.05) is 19.2 Å². The SMILES string of the molecule is COC(C)=N/C=C\c1ccc(-c2cnc(CCCCCCC=O)[nH]2)cc1. The third kappa shape index (κ3) is 6.67. The lowest BCUT2D eigenvalue weighted by Crippen LogP contribution is -1.90. The molecule has 26 heavy (non-hydrogen) atoms. The molecule has 1 aromatic heterocycles. The molecule has 0 radical (unpaired) electrons. The number of imidazole rings is 1. The van der Waals surface area contributed by atoms with E-state index in [-0.39, 0.29) is 0 Å². The third-order valence-electron chi connectivity index (χ3n) is 4.15. The van der Waals surface area contributed by atoms with Gasteiger partial charge in [0.15, 0.2) is 5.90 Å². The molecule has 0 atom stereocenters. The summed E-state index contributed by atoms with van der Waals surface area (Å²) in [6.07, 6.45) is 12.5. The van der Waals surface area contributed by atoms with Gasteiger partial charge in [-0.15, -0.1) is 0 Å². The van der Waals surface area contributed by atoms with Gasteiger partial charge in [0.1, 0.15) is 12.1 Å². The standard InChI is InChI=1S/C21H27N3O2/c1-17(26-2)22-14-13-18-9-11-19(12-10-18)20-16-23-21(24-20)8-6-4-3-5-7-15-25/h9-16H,3-8H2,1-2H3,(H,23,24)/b14-13-,22-17?. The minimum atomic E-state index is 0.631. The first-order valence-corrected chi connectivity index (χ1v) is 9.06. The fourth-order valence-corrected chi connectivity index (χ4v) is 2.56. The second kappa shape index (κ2) is 11.0. The molecule has 5 nitrogen and oxygen atoms in total. The molecule has 0 aliphatic carbocycles. The zero-order valence-electron chi connectivity index (χ0n) is 15.6. The summed E-state index contributed by atoms with van der Waals surface area (Å²) >= 11 is 0. The van der Waals surface area contributed by atoms with Crippen LogP contribution in [-0.2, 0) is 16.0 Å². The Morgan fingerprint density at radius 1 is 1.19 bits per heavy atom. The predicted octanol–water partition coefficient (Wildman–Crippen LogP) is 4.80. The molecule has 0 saturated carbocycles. The monoisotopic (exact) mass is 353 g/mol. The van der Waals surface area contributed by atoms with Crippen LogP contribution < -0.4 is 0 Å². The average Bonchev–Trinajstić information content (AvgIpc) is 3.14. The van der Waals surface area contributed by atoms with Crippen molar-refractivity contribution in [2.24, 2.45) is 4.99 Å². The molecular formula is C21H27N3O2. The van der Waals surface area contributed by atoms with Crippen molar-refractivity contribution >= 4 is 18.3 Å². The number of benzene rings is 1. The number of carbonyl (C=O) groups is 1. The zero-order chi connectivity index (χ0) is 18.6. The summed E-state index contributed by atoms with van der Waals surface area (Å²) in [5.41, 5.74) is 3.23. The highest BCUT2D eigenvalue weighted by Crippen LogP contribution is 2.19. The van der Waals surface area contributed by atoms with E-state index in [1.54, 1.807) is 13.3 Å². The van der Waals surface area contributed by atoms with Crippen molar-refractivity contribution in [3.05, 3.63) is 48.1 Å². The molecule has 0 aliphatic heterocycles. The summed E-state index contributed by atoms with van der Waals surface area (Å²) < 4.78 is 4.99. The van der Waals surface area contributed by atoms with Crippen LogP contribution >= 0.6 is 0 Å². The van der Waals surface area contributed by atoms with Gasteiger partial charge in [-0.1, -0.05) is 37.1 Å². The lowest BCUT2D eigenvalue weighted by molar-refractivity contribution is -0.107. The van der Waals surface area contributed by atoms with E-state index in [0.717, 1.165) is 61.0 Å². The number of nitrogens with one attached hydrogen (secondary N) is 1. The first kappa shape index (κ1) is 19.6. The Balaban J connectivity index is 1.85. The summed E-state index contributed by atoms with van der Waals surface area (Å²) in [5, 5.41) is 0. The number of carbonyl (C=O) groups excluding carboxylic acids is 1. The zero-order valence-corrected chi connectivity index (χ0v) is 15.6. The summed E-state index contributed by atoms with van der Waals surface area (Å²) in [7, 11) is 1.61. The normalized spacial score (nSPS) is 11.8. The van der Waals surface area contributed by atoms with Gasteiger partial charge in [-0.3, -0.25) is 0 Å². The number of aliphatic imine (C=N–C) groups is 1. The minimum Gasteiger partial charge on any atom is -0.484 e. The molecular weight excluding hydrogens is 326 g/mol. The Morgan fingerprint density at radius 2 is 1.96 bits per heavy atom. The van der Waals surface area contributed by atoms with Crippen LogP contribution in [0, 0.1) is 0 Å². The number of unbranched alkanes of at least 4 members (excludes halogenated alkanes) is 4. The van der Waals surface area contributed by atoms with Gasteiger partial charge in [0.05, 0.1) is 19.0 Å². The highest BCUT2D eigenvalue weighted by molar-refractivity contribution is 5.74. The Hall–Kier alpha value is -2.69. The molecule has 0 fully saturated rings. The van der Waals surface area contributed by atoms with Gasteiger partial charge in [-0.2, -0.15) is 0 Å². The van der Waals surface area contributed by atoms with Crippen LogP contribution in [0.1, 0.15) is 50.4 Å². The number of aromatic amines is 1. The number of H-pyrrole nitrogens is 1. The van der Waals surface area contributed by atoms with Gasteiger partial charge < -0.3 is 14.5 Å². The molecule has 0 aliphatic rings. The second-order valence-corrected chi connectivity index (χ2v) is 6.15. The molecule has 1 heterocycles. The molecule has 1 N–H and O–H groups in total. The summed E-state index contributed by atoms with van der Waals surface area (Å²) in [6, 6.07) is 8.25. The number of nitrogens with zero attached hydrogens (tertiary/aromatic N) is 2. The number of aromatic nitrogens is 2. The van der Waals surface area contributed by atoms with Gasteiger partial charge in [-0.25, -0.2) is 9.98 Å². The largest absolute Gasteiger partial charge is 0.484 e. The number of hydrogen-bond acceptors (Lipinski definition) is 4. The van der Waals surface area contributed by atoms with Crippen LogP contribution in [0.3, 0.4) is 0 Å². The topological polar surface area (TPSA) is 67.3 Å². The average molecular weight is 353 g/mol. The molecule has 1 aromatic carbocycles. The number of methoxy groups -OCH3 is 1. The molecule has 0 bridgehead atoms. The van der Waals surface area contributed by atoms with Crippen molar-refractivity contribution in [2.45, 2.75) is 45.4 Å². The van der Waals surface area contributed by atoms with E-state index in [2.05, 4.69) is 39.2 Å². The van der Waals surface area contributed by atoms with Gasteiger partial charge >= 0.3 is 0 Å². The highest BCUT2D eigenvalue weighted by atomic mass is 16.5. The molecule has 2 aromatic rings. The van der Waals surface area contributed by atoms with Crippen LogP contribution in [0.15, 0.2) is 41.7 Å². The Kier molecular flexibility index (Phi) is 8.33. The van der Waals surface area contributed by atoms with Crippen LogP contribution in [-0.4, -0.2) is 29.3 Å². The van der Waals surface area contributed by atoms with E-state index in [0.29, 0.717) is 12.3 Å². The molecule has 0 unspecified atom stereocenters. The highest BCUT2D eigenvalue weighted by Gasteiger charge is 2.03. The van der Waals surface area contributed by atoms with Crippen molar-refractivity contribution in [1.82, 2.24) is 9.97 Å². The van der Waals surface area contributed by atoms with E-state index < -0.39 is 0 Å². The van der Waals surface area contributed by atoms with Gasteiger partial charge in [0, 0.05) is 26.0 Å². The van der Waals surface area contributed by atoms with Gasteiger partial charge in [-0.05, 0) is 30.0 Å². The maximum absolute atomic E-state index is 10.3. The number of ether oxygens (including phenoxy) is 1. The first-order valence-electron chi connectivity index (χ1n) is 9.06. The predicted molar refractivity (Wildman–Crippen MR) is 106 cm³/mol. The van der Waals surface area contributed by atoms with E-state index >= 15 is 0 Å². The van der Waals surface area contributed by atoms with Crippen molar-refractivity contribution in [3.8, 4) is 11.3 Å². The smallest absolute Gasteiger partial charge is 0.184 e. The van der Waals surface area contributed by atoms with E-state index in [1.165, 1.54) is 0 Å². The van der Waals surface area contributed by atoms with Gasteiger partial charge in [0.25, 0.3) is 0 Å². The maximum Gasteiger partial charge on any atom is 0.184 e. The van der Waals surface area contributed by atoms with Crippen molar-refractivity contribution in [2.75, 3.05) is 7.11 Å². The van der Waals surface area contributed by atoms with Crippen molar-refractivity contribution < 1.29 is 9.53 Å². The Labute approximate surface area is 155 Å². The summed E-state index contributed by atoms with van der Waals surface area (Å²) in [4.78, 5) is 22.3. The molecule has 2 rings (SSSR count). The first-order chi connectivity index (χ1) is 12.7. The van der Waals surface area contributed by atoms with E-state index in [4.69, 9.17) is 4.74 Å². The fourth-order valence-electron chi connectivity index (χ4n) is 2.56. The lowest BCUT2D eigenvalue weighted by Gasteiger charge is -2.00. The fraction of sp³-hybridized carbons (Fsp3) is 0.381. The number of hydrogen-bond donors (Lipinski definition) is 1. The summed E-state index contributed by atoms with van der Waals surface area (Å²) in [5.74, 6) is 1.65. The van der Waals surface area contributed by atoms with Gasteiger partial charge in [0.2, 0.25) is 0 Å². The summed E-state index contributed by atoms with van der Waals surface area (Å²) in [6.45, 7) is 1.81. The second-order valence-electron chi connectivity index (χ2n) is 6.15. The van der Waals surface area contributed by atoms with Crippen LogP contribution in [0.5, 0.6) is 0 Å². The number of rotatable bonds is 10. The number of aldehydes is 1. The van der Waals surface area contributed by atoms with E-state index in [9.17, 15) is 4.79 Å². The molecule has 0 amide bonds. The minimum absolute atomic E-state index is 0.631. The number of aryl methyl sites for hydroxylation is 1. The molecule has 5 heteroatoms. The molecule has 138 valence electrons. The van der Waals surface area contributed by atoms with Crippen LogP contribution in [0.25, 0.3) is 17.3 Å². The maximum atomic E-state index is 10.3. The van der Waals surface area contributed by atoms with Crippen LogP contribution in [0.2, 0.25) is 0 Å².